The minimum absolute atomic E-state index is 0.00311. The maximum atomic E-state index is 16.0. The van der Waals surface area contributed by atoms with Crippen LogP contribution in [0.2, 0.25) is 0 Å². The summed E-state index contributed by atoms with van der Waals surface area (Å²) in [7, 11) is -0.433. The zero-order valence-electron chi connectivity index (χ0n) is 31.2. The number of methoxy groups -OCH3 is 2. The lowest BCUT2D eigenvalue weighted by atomic mass is 9.96. The molecule has 0 bridgehead atoms. The highest BCUT2D eigenvalue weighted by atomic mass is 32.2. The number of hydrogen-bond acceptors (Lipinski definition) is 9. The SMILES string of the molecule is COC(=O)N[C@@H]1CC[C@@H](n2c(=O)n(C)c3cnc4c(c(-c5ccc6c(cnn6C(C)C)c5)c(-c5ccc(C(=O)OC)c(F)c5)n4S(=O)(=O)c4ccccc4)c32)C1. The van der Waals surface area contributed by atoms with Crippen molar-refractivity contribution in [2.75, 3.05) is 14.2 Å². The number of benzene rings is 3. The predicted octanol–water partition coefficient (Wildman–Crippen LogP) is 6.57. The van der Waals surface area contributed by atoms with Gasteiger partial charge in [-0.2, -0.15) is 5.10 Å². The first kappa shape index (κ1) is 36.7. The fourth-order valence-electron chi connectivity index (χ4n) is 7.96. The Morgan fingerprint density at radius 1 is 0.946 bits per heavy atom. The van der Waals surface area contributed by atoms with E-state index in [2.05, 4.69) is 10.4 Å². The molecule has 1 aliphatic carbocycles. The third kappa shape index (κ3) is 5.74. The standard InChI is InChI=1S/C40H38FN7O7S/c1-22(2)47-31-16-12-23(17-25(31)20-43-47)33-34-36-32(45(3)40(51)46(36)27-14-13-26(19-27)44-39(50)55-5)21-42-37(34)48(56(52,53)28-9-7-6-8-10-28)35(33)24-11-15-29(30(41)18-24)38(49)54-4/h6-12,15-18,20-22,26-27H,13-14,19H2,1-5H3,(H,44,50)/t26-,27-/m1/s1. The smallest absolute Gasteiger partial charge is 0.407 e. The number of hydrogen-bond donors (Lipinski definition) is 1. The summed E-state index contributed by atoms with van der Waals surface area (Å²) in [4.78, 5) is 43.7. The second-order valence-corrected chi connectivity index (χ2v) is 15.9. The first-order valence-corrected chi connectivity index (χ1v) is 19.4. The average Bonchev–Trinajstić information content (AvgIpc) is 3.97. The van der Waals surface area contributed by atoms with Crippen molar-refractivity contribution in [3.05, 3.63) is 101 Å². The molecule has 56 heavy (non-hydrogen) atoms. The molecule has 8 rings (SSSR count). The number of ether oxygens (including phenoxy) is 2. The molecule has 288 valence electrons. The van der Waals surface area contributed by atoms with Gasteiger partial charge in [-0.15, -0.1) is 0 Å². The highest BCUT2D eigenvalue weighted by molar-refractivity contribution is 7.90. The Morgan fingerprint density at radius 3 is 2.39 bits per heavy atom. The van der Waals surface area contributed by atoms with Gasteiger partial charge in [-0.3, -0.25) is 13.8 Å². The number of carbonyl (C=O) groups is 2. The zero-order valence-corrected chi connectivity index (χ0v) is 32.0. The fourth-order valence-corrected chi connectivity index (χ4v) is 9.48. The lowest BCUT2D eigenvalue weighted by Crippen LogP contribution is -2.33. The Labute approximate surface area is 320 Å². The highest BCUT2D eigenvalue weighted by Crippen LogP contribution is 2.46. The van der Waals surface area contributed by atoms with Crippen LogP contribution < -0.4 is 11.0 Å². The molecule has 1 fully saturated rings. The van der Waals surface area contributed by atoms with Crippen LogP contribution in [0.4, 0.5) is 9.18 Å². The van der Waals surface area contributed by atoms with E-state index >= 15 is 12.8 Å². The first-order valence-electron chi connectivity index (χ1n) is 18.0. The number of carbonyl (C=O) groups excluding carboxylic acids is 2. The number of imidazole rings is 1. The molecule has 7 aromatic rings. The fraction of sp³-hybridized carbons (Fsp3) is 0.275. The molecule has 3 aromatic carbocycles. The molecule has 1 amide bonds. The molecule has 1 N–H and O–H groups in total. The van der Waals surface area contributed by atoms with E-state index in [4.69, 9.17) is 14.5 Å². The van der Waals surface area contributed by atoms with Gasteiger partial charge in [0.1, 0.15) is 5.82 Å². The molecular weight excluding hydrogens is 742 g/mol. The number of halogens is 1. The number of aromatic nitrogens is 6. The number of fused-ring (bicyclic) bond motifs is 4. The van der Waals surface area contributed by atoms with Crippen molar-refractivity contribution in [2.45, 2.75) is 56.1 Å². The van der Waals surface area contributed by atoms with Crippen LogP contribution in [0, 0.1) is 5.82 Å². The molecule has 16 heteroatoms. The van der Waals surface area contributed by atoms with Crippen molar-refractivity contribution >= 4 is 55.1 Å². The van der Waals surface area contributed by atoms with E-state index in [-0.39, 0.29) is 45.1 Å². The van der Waals surface area contributed by atoms with Gasteiger partial charge >= 0.3 is 17.8 Å². The lowest BCUT2D eigenvalue weighted by Gasteiger charge is -2.15. The van der Waals surface area contributed by atoms with Gasteiger partial charge in [0.15, 0.2) is 5.65 Å². The van der Waals surface area contributed by atoms with E-state index < -0.39 is 33.9 Å². The number of nitrogens with zero attached hydrogens (tertiary/aromatic N) is 6. The number of rotatable bonds is 8. The molecule has 2 atom stereocenters. The molecule has 0 saturated heterocycles. The van der Waals surface area contributed by atoms with Gasteiger partial charge in [-0.1, -0.05) is 30.3 Å². The van der Waals surface area contributed by atoms with Gasteiger partial charge in [0, 0.05) is 41.7 Å². The van der Waals surface area contributed by atoms with Crippen LogP contribution in [0.25, 0.3) is 55.4 Å². The molecule has 4 aromatic heterocycles. The maximum absolute atomic E-state index is 16.0. The second kappa shape index (κ2) is 13.8. The van der Waals surface area contributed by atoms with Crippen LogP contribution >= 0.6 is 0 Å². The Kier molecular flexibility index (Phi) is 9.02. The number of aryl methyl sites for hydroxylation is 1. The van der Waals surface area contributed by atoms with Crippen molar-refractivity contribution in [1.82, 2.24) is 33.2 Å². The van der Waals surface area contributed by atoms with E-state index in [1.807, 2.05) is 36.7 Å². The predicted molar refractivity (Wildman–Crippen MR) is 208 cm³/mol. The van der Waals surface area contributed by atoms with Crippen molar-refractivity contribution in [1.29, 1.82) is 0 Å². The molecule has 4 heterocycles. The molecule has 1 aliphatic rings. The summed E-state index contributed by atoms with van der Waals surface area (Å²) in [5.74, 6) is -1.82. The Balaban J connectivity index is 1.54. The van der Waals surface area contributed by atoms with Gasteiger partial charge in [0.2, 0.25) is 0 Å². The summed E-state index contributed by atoms with van der Waals surface area (Å²) in [6.07, 6.45) is 4.12. The van der Waals surface area contributed by atoms with Crippen LogP contribution in [0.3, 0.4) is 0 Å². The van der Waals surface area contributed by atoms with Crippen LogP contribution in [0.5, 0.6) is 0 Å². The maximum Gasteiger partial charge on any atom is 0.407 e. The summed E-state index contributed by atoms with van der Waals surface area (Å²) in [6, 6.07) is 16.6. The zero-order chi connectivity index (χ0) is 39.6. The average molecular weight is 780 g/mol. The van der Waals surface area contributed by atoms with Crippen LogP contribution in [-0.4, -0.2) is 68.6 Å². The quantitative estimate of drug-likeness (QED) is 0.168. The summed E-state index contributed by atoms with van der Waals surface area (Å²) < 4.78 is 61.7. The summed E-state index contributed by atoms with van der Waals surface area (Å²) in [5.41, 5.74) is 2.13. The van der Waals surface area contributed by atoms with Gasteiger partial charge < -0.3 is 14.8 Å². The Hall–Kier alpha value is -6.29. The van der Waals surface area contributed by atoms with E-state index in [0.29, 0.717) is 46.8 Å². The van der Waals surface area contributed by atoms with E-state index in [0.717, 1.165) is 28.1 Å². The van der Waals surface area contributed by atoms with Gasteiger partial charge in [-0.05, 0) is 75.1 Å². The third-order valence-corrected chi connectivity index (χ3v) is 12.3. The molecule has 0 aliphatic heterocycles. The number of nitrogens with one attached hydrogen (secondary N) is 1. The first-order chi connectivity index (χ1) is 26.8. The molecule has 14 nitrogen and oxygen atoms in total. The van der Waals surface area contributed by atoms with Gasteiger partial charge in [0.25, 0.3) is 10.0 Å². The highest BCUT2D eigenvalue weighted by Gasteiger charge is 2.36. The normalized spacial score (nSPS) is 16.0. The molecule has 0 radical (unpaired) electrons. The minimum Gasteiger partial charge on any atom is -0.465 e. The van der Waals surface area contributed by atoms with E-state index in [1.54, 1.807) is 36.0 Å². The Bertz CT molecular complexity index is 2890. The summed E-state index contributed by atoms with van der Waals surface area (Å²) in [6.45, 7) is 4.02. The van der Waals surface area contributed by atoms with Crippen molar-refractivity contribution in [3.63, 3.8) is 0 Å². The number of pyridine rings is 1. The lowest BCUT2D eigenvalue weighted by molar-refractivity contribution is 0.0595. The third-order valence-electron chi connectivity index (χ3n) is 10.6. The largest absolute Gasteiger partial charge is 0.465 e. The summed E-state index contributed by atoms with van der Waals surface area (Å²) in [5, 5.41) is 8.54. The van der Waals surface area contributed by atoms with Gasteiger partial charge in [0.05, 0.1) is 64.7 Å². The number of esters is 1. The van der Waals surface area contributed by atoms with Crippen LogP contribution in [0.15, 0.2) is 88.8 Å². The second-order valence-electron chi connectivity index (χ2n) is 14.2. The van der Waals surface area contributed by atoms with E-state index in [1.165, 1.54) is 42.1 Å². The van der Waals surface area contributed by atoms with Crippen molar-refractivity contribution in [2.24, 2.45) is 7.05 Å². The van der Waals surface area contributed by atoms with Crippen molar-refractivity contribution in [3.8, 4) is 22.4 Å². The van der Waals surface area contributed by atoms with E-state index in [9.17, 15) is 14.4 Å². The van der Waals surface area contributed by atoms with Crippen molar-refractivity contribution < 1.29 is 31.9 Å². The Morgan fingerprint density at radius 2 is 1.70 bits per heavy atom. The van der Waals surface area contributed by atoms with Crippen LogP contribution in [0.1, 0.15) is 55.6 Å². The summed E-state index contributed by atoms with van der Waals surface area (Å²) >= 11 is 0. The van der Waals surface area contributed by atoms with Crippen LogP contribution in [-0.2, 0) is 26.5 Å². The number of amides is 1. The molecule has 0 unspecified atom stereocenters. The topological polar surface area (TPSA) is 161 Å². The monoisotopic (exact) mass is 779 g/mol. The number of alkyl carbamates (subject to hydrolysis) is 1. The molecular formula is C40H38FN7O7S. The molecule has 1 saturated carbocycles. The minimum atomic E-state index is -4.49. The van der Waals surface area contributed by atoms with Gasteiger partial charge in [-0.25, -0.2) is 36.1 Å². The molecule has 0 spiro atoms.